The SMILES string of the molecule is CC1CN(S(=O)(=O)CCNC(=O)c2ccn(-c3ccc([N+](=O)[O-])cc3)n2)CC(C)O1. The highest BCUT2D eigenvalue weighted by Gasteiger charge is 2.30. The maximum atomic E-state index is 12.5. The maximum absolute atomic E-state index is 12.5. The number of nitrogens with one attached hydrogen (secondary N) is 1. The van der Waals surface area contributed by atoms with Crippen LogP contribution >= 0.6 is 0 Å². The minimum Gasteiger partial charge on any atom is -0.373 e. The van der Waals surface area contributed by atoms with E-state index in [1.807, 2.05) is 13.8 Å². The number of nitro benzene ring substituents is 1. The van der Waals surface area contributed by atoms with E-state index in [1.165, 1.54) is 39.3 Å². The topological polar surface area (TPSA) is 137 Å². The highest BCUT2D eigenvalue weighted by atomic mass is 32.2. The first-order valence-corrected chi connectivity index (χ1v) is 11.0. The number of nitro groups is 1. The van der Waals surface area contributed by atoms with Crippen LogP contribution in [0.4, 0.5) is 5.69 Å². The molecule has 1 aromatic heterocycles. The molecule has 162 valence electrons. The van der Waals surface area contributed by atoms with Gasteiger partial charge in [0.25, 0.3) is 11.6 Å². The van der Waals surface area contributed by atoms with E-state index in [0.29, 0.717) is 18.8 Å². The van der Waals surface area contributed by atoms with Crippen LogP contribution in [0.15, 0.2) is 36.5 Å². The number of hydrogen-bond donors (Lipinski definition) is 1. The number of rotatable bonds is 7. The third-order valence-electron chi connectivity index (χ3n) is 4.57. The van der Waals surface area contributed by atoms with E-state index < -0.39 is 20.9 Å². The van der Waals surface area contributed by atoms with Gasteiger partial charge in [-0.2, -0.15) is 9.40 Å². The van der Waals surface area contributed by atoms with Crippen LogP contribution in [0.3, 0.4) is 0 Å². The number of benzene rings is 1. The van der Waals surface area contributed by atoms with E-state index in [0.717, 1.165) is 0 Å². The molecule has 0 bridgehead atoms. The average molecular weight is 437 g/mol. The standard InChI is InChI=1S/C18H23N5O6S/c1-13-11-21(12-14(2)29-13)30(27,28)10-8-19-18(24)17-7-9-22(20-17)15-3-5-16(6-4-15)23(25)26/h3-7,9,13-14H,8,10-12H2,1-2H3,(H,19,24). The van der Waals surface area contributed by atoms with Crippen molar-refractivity contribution in [1.29, 1.82) is 0 Å². The lowest BCUT2D eigenvalue weighted by Crippen LogP contribution is -2.49. The third-order valence-corrected chi connectivity index (χ3v) is 6.38. The van der Waals surface area contributed by atoms with E-state index in [-0.39, 0.29) is 35.9 Å². The number of amides is 1. The van der Waals surface area contributed by atoms with E-state index in [4.69, 9.17) is 4.74 Å². The summed E-state index contributed by atoms with van der Waals surface area (Å²) in [7, 11) is -3.52. The molecule has 3 rings (SSSR count). The number of ether oxygens (including phenoxy) is 1. The van der Waals surface area contributed by atoms with E-state index >= 15 is 0 Å². The van der Waals surface area contributed by atoms with Gasteiger partial charge in [0.2, 0.25) is 10.0 Å². The first-order chi connectivity index (χ1) is 14.2. The van der Waals surface area contributed by atoms with Gasteiger partial charge in [0.05, 0.1) is 28.6 Å². The normalized spacial score (nSPS) is 20.1. The van der Waals surface area contributed by atoms with E-state index in [1.54, 1.807) is 6.20 Å². The van der Waals surface area contributed by atoms with E-state index in [9.17, 15) is 23.3 Å². The lowest BCUT2D eigenvalue weighted by molar-refractivity contribution is -0.384. The summed E-state index contributed by atoms with van der Waals surface area (Å²) in [5.41, 5.74) is 0.617. The van der Waals surface area contributed by atoms with Crippen LogP contribution in [-0.4, -0.2) is 70.9 Å². The minimum absolute atomic E-state index is 0.0471. The van der Waals surface area contributed by atoms with Gasteiger partial charge in [0, 0.05) is 38.0 Å². The van der Waals surface area contributed by atoms with E-state index in [2.05, 4.69) is 10.4 Å². The summed E-state index contributed by atoms with van der Waals surface area (Å²) < 4.78 is 33.4. The Labute approximate surface area is 173 Å². The van der Waals surface area contributed by atoms with Gasteiger partial charge in [-0.05, 0) is 32.0 Å². The van der Waals surface area contributed by atoms with Gasteiger partial charge in [-0.15, -0.1) is 0 Å². The second-order valence-corrected chi connectivity index (χ2v) is 9.15. The van der Waals surface area contributed by atoms with Crippen LogP contribution in [-0.2, 0) is 14.8 Å². The van der Waals surface area contributed by atoms with Crippen molar-refractivity contribution >= 4 is 21.6 Å². The number of sulfonamides is 1. The predicted octanol–water partition coefficient (Wildman–Crippen LogP) is 0.949. The van der Waals surface area contributed by atoms with Crippen LogP contribution in [0.1, 0.15) is 24.3 Å². The van der Waals surface area contributed by atoms with Gasteiger partial charge < -0.3 is 10.1 Å². The molecular weight excluding hydrogens is 414 g/mol. The Bertz CT molecular complexity index is 1010. The second kappa shape index (κ2) is 8.90. The summed E-state index contributed by atoms with van der Waals surface area (Å²) in [4.78, 5) is 22.5. The number of carbonyl (C=O) groups excluding carboxylic acids is 1. The summed E-state index contributed by atoms with van der Waals surface area (Å²) in [5.74, 6) is -0.726. The molecule has 1 N–H and O–H groups in total. The third kappa shape index (κ3) is 5.20. The summed E-state index contributed by atoms with van der Waals surface area (Å²) in [6.07, 6.45) is 1.19. The molecule has 12 heteroatoms. The Morgan fingerprint density at radius 3 is 2.47 bits per heavy atom. The number of carbonyl (C=O) groups is 1. The van der Waals surface area contributed by atoms with Crippen molar-refractivity contribution in [2.75, 3.05) is 25.4 Å². The highest BCUT2D eigenvalue weighted by molar-refractivity contribution is 7.89. The molecule has 1 saturated heterocycles. The Morgan fingerprint density at radius 2 is 1.87 bits per heavy atom. The first-order valence-electron chi connectivity index (χ1n) is 9.37. The van der Waals surface area contributed by atoms with Crippen molar-refractivity contribution in [2.45, 2.75) is 26.1 Å². The summed E-state index contributed by atoms with van der Waals surface area (Å²) in [5, 5.41) is 17.4. The molecule has 0 saturated carbocycles. The molecule has 30 heavy (non-hydrogen) atoms. The molecule has 1 fully saturated rings. The zero-order valence-corrected chi connectivity index (χ0v) is 17.4. The molecule has 0 radical (unpaired) electrons. The molecule has 11 nitrogen and oxygen atoms in total. The number of hydrogen-bond acceptors (Lipinski definition) is 7. The summed E-state index contributed by atoms with van der Waals surface area (Å²) >= 11 is 0. The fourth-order valence-corrected chi connectivity index (χ4v) is 4.68. The maximum Gasteiger partial charge on any atom is 0.271 e. The largest absolute Gasteiger partial charge is 0.373 e. The zero-order valence-electron chi connectivity index (χ0n) is 16.6. The Hall–Kier alpha value is -2.83. The zero-order chi connectivity index (χ0) is 21.9. The van der Waals surface area contributed by atoms with Crippen LogP contribution in [0.25, 0.3) is 5.69 Å². The number of aromatic nitrogens is 2. The fourth-order valence-electron chi connectivity index (χ4n) is 3.19. The second-order valence-electron chi connectivity index (χ2n) is 7.07. The van der Waals surface area contributed by atoms with Crippen molar-refractivity contribution in [3.05, 3.63) is 52.3 Å². The average Bonchev–Trinajstić information content (AvgIpc) is 3.17. The number of non-ortho nitro benzene ring substituents is 1. The quantitative estimate of drug-likeness (QED) is 0.503. The van der Waals surface area contributed by atoms with Crippen molar-refractivity contribution < 1.29 is 22.9 Å². The van der Waals surface area contributed by atoms with Gasteiger partial charge in [-0.1, -0.05) is 0 Å². The van der Waals surface area contributed by atoms with Gasteiger partial charge in [-0.25, -0.2) is 13.1 Å². The van der Waals surface area contributed by atoms with Gasteiger partial charge in [-0.3, -0.25) is 14.9 Å². The van der Waals surface area contributed by atoms with Crippen LogP contribution < -0.4 is 5.32 Å². The molecule has 2 unspecified atom stereocenters. The van der Waals surface area contributed by atoms with Crippen molar-refractivity contribution in [3.8, 4) is 5.69 Å². The van der Waals surface area contributed by atoms with Gasteiger partial charge >= 0.3 is 0 Å². The smallest absolute Gasteiger partial charge is 0.271 e. The lowest BCUT2D eigenvalue weighted by Gasteiger charge is -2.34. The Morgan fingerprint density at radius 1 is 1.23 bits per heavy atom. The van der Waals surface area contributed by atoms with Gasteiger partial charge in [0.15, 0.2) is 5.69 Å². The monoisotopic (exact) mass is 437 g/mol. The molecule has 0 aliphatic carbocycles. The first kappa shape index (κ1) is 21.9. The summed E-state index contributed by atoms with van der Waals surface area (Å²) in [6.45, 7) is 4.18. The molecule has 2 aromatic rings. The number of morpholine rings is 1. The van der Waals surface area contributed by atoms with Crippen molar-refractivity contribution in [3.63, 3.8) is 0 Å². The van der Waals surface area contributed by atoms with Gasteiger partial charge in [0.1, 0.15) is 0 Å². The molecule has 1 aliphatic heterocycles. The molecule has 1 aliphatic rings. The van der Waals surface area contributed by atoms with Crippen LogP contribution in [0, 0.1) is 10.1 Å². The molecular formula is C18H23N5O6S. The molecule has 2 heterocycles. The molecule has 1 amide bonds. The highest BCUT2D eigenvalue weighted by Crippen LogP contribution is 2.16. The minimum atomic E-state index is -3.52. The fraction of sp³-hybridized carbons (Fsp3) is 0.444. The molecule has 2 atom stereocenters. The summed E-state index contributed by atoms with van der Waals surface area (Å²) in [6, 6.07) is 7.20. The van der Waals surface area contributed by atoms with Crippen molar-refractivity contribution in [2.24, 2.45) is 0 Å². The van der Waals surface area contributed by atoms with Crippen LogP contribution in [0.2, 0.25) is 0 Å². The Kier molecular flexibility index (Phi) is 6.48. The van der Waals surface area contributed by atoms with Crippen LogP contribution in [0.5, 0.6) is 0 Å². The Balaban J connectivity index is 1.56. The number of nitrogens with zero attached hydrogens (tertiary/aromatic N) is 4. The molecule has 1 aromatic carbocycles. The molecule has 0 spiro atoms. The predicted molar refractivity (Wildman–Crippen MR) is 108 cm³/mol. The lowest BCUT2D eigenvalue weighted by atomic mass is 10.3. The van der Waals surface area contributed by atoms with Crippen molar-refractivity contribution in [1.82, 2.24) is 19.4 Å².